The zero-order valence-electron chi connectivity index (χ0n) is 7.56. The predicted molar refractivity (Wildman–Crippen MR) is 51.6 cm³/mol. The highest BCUT2D eigenvalue weighted by Crippen LogP contribution is 2.36. The van der Waals surface area contributed by atoms with Crippen LogP contribution in [0.25, 0.3) is 0 Å². The number of hydrogen-bond donors (Lipinski definition) is 1. The Kier molecular flexibility index (Phi) is 3.11. The van der Waals surface area contributed by atoms with Gasteiger partial charge in [0.1, 0.15) is 5.56 Å². The van der Waals surface area contributed by atoms with E-state index in [0.29, 0.717) is 0 Å². The molecule has 0 heterocycles. The van der Waals surface area contributed by atoms with E-state index in [1.807, 2.05) is 0 Å². The fourth-order valence-electron chi connectivity index (χ4n) is 1.05. The third-order valence-electron chi connectivity index (χ3n) is 1.71. The third-order valence-corrected chi connectivity index (χ3v) is 2.07. The van der Waals surface area contributed by atoms with E-state index >= 15 is 0 Å². The minimum absolute atomic E-state index is 0.210. The molecule has 0 saturated heterocycles. The van der Waals surface area contributed by atoms with Gasteiger partial charge >= 0.3 is 5.97 Å². The number of hydrogen-bond acceptors (Lipinski definition) is 4. The molecule has 1 N–H and O–H groups in total. The van der Waals surface area contributed by atoms with Gasteiger partial charge in [-0.1, -0.05) is 11.6 Å². The first-order valence-electron chi connectivity index (χ1n) is 3.73. The van der Waals surface area contributed by atoms with Gasteiger partial charge in [-0.3, -0.25) is 10.1 Å². The number of aromatic carboxylic acids is 1. The normalized spacial score (nSPS) is 9.73. The molecule has 0 aromatic heterocycles. The SMILES string of the molecule is COc1c(C(=O)O)ccc([N+](=O)[O-])c1Cl. The van der Waals surface area contributed by atoms with Crippen molar-refractivity contribution in [1.29, 1.82) is 0 Å². The second kappa shape index (κ2) is 4.14. The molecule has 6 nitrogen and oxygen atoms in total. The molecule has 0 saturated carbocycles. The molecular formula is C8H6ClNO5. The fourth-order valence-corrected chi connectivity index (χ4v) is 1.37. The van der Waals surface area contributed by atoms with E-state index in [-0.39, 0.29) is 16.3 Å². The Bertz CT molecular complexity index is 431. The Morgan fingerprint density at radius 3 is 2.60 bits per heavy atom. The molecule has 0 fully saturated rings. The lowest BCUT2D eigenvalue weighted by atomic mass is 10.2. The van der Waals surface area contributed by atoms with Gasteiger partial charge in [-0.2, -0.15) is 0 Å². The number of ether oxygens (including phenoxy) is 1. The van der Waals surface area contributed by atoms with Crippen molar-refractivity contribution in [3.05, 3.63) is 32.8 Å². The molecule has 0 spiro atoms. The highest BCUT2D eigenvalue weighted by atomic mass is 35.5. The van der Waals surface area contributed by atoms with Gasteiger partial charge < -0.3 is 9.84 Å². The lowest BCUT2D eigenvalue weighted by Gasteiger charge is -2.06. The minimum Gasteiger partial charge on any atom is -0.494 e. The summed E-state index contributed by atoms with van der Waals surface area (Å²) in [5, 5.41) is 18.9. The Morgan fingerprint density at radius 2 is 2.20 bits per heavy atom. The summed E-state index contributed by atoms with van der Waals surface area (Å²) in [6, 6.07) is 2.10. The van der Waals surface area contributed by atoms with Crippen LogP contribution >= 0.6 is 11.6 Å². The van der Waals surface area contributed by atoms with E-state index in [1.54, 1.807) is 0 Å². The van der Waals surface area contributed by atoms with E-state index in [2.05, 4.69) is 0 Å². The van der Waals surface area contributed by atoms with Crippen LogP contribution in [0.1, 0.15) is 10.4 Å². The number of carboxylic acids is 1. The van der Waals surface area contributed by atoms with E-state index in [0.717, 1.165) is 12.1 Å². The van der Waals surface area contributed by atoms with Crippen molar-refractivity contribution < 1.29 is 19.6 Å². The number of nitro benzene ring substituents is 1. The fraction of sp³-hybridized carbons (Fsp3) is 0.125. The van der Waals surface area contributed by atoms with Gasteiger partial charge in [0.2, 0.25) is 0 Å². The molecule has 7 heteroatoms. The highest BCUT2D eigenvalue weighted by Gasteiger charge is 2.22. The van der Waals surface area contributed by atoms with Crippen molar-refractivity contribution in [3.8, 4) is 5.75 Å². The first kappa shape index (κ1) is 11.3. The summed E-state index contributed by atoms with van der Waals surface area (Å²) >= 11 is 5.62. The second-order valence-electron chi connectivity index (χ2n) is 2.54. The maximum absolute atomic E-state index is 10.7. The summed E-state index contributed by atoms with van der Waals surface area (Å²) in [5.41, 5.74) is -0.605. The summed E-state index contributed by atoms with van der Waals surface area (Å²) in [6.45, 7) is 0. The zero-order valence-corrected chi connectivity index (χ0v) is 8.32. The van der Waals surface area contributed by atoms with Crippen molar-refractivity contribution >= 4 is 23.3 Å². The Hall–Kier alpha value is -1.82. The molecule has 0 amide bonds. The van der Waals surface area contributed by atoms with Crippen LogP contribution in [-0.4, -0.2) is 23.1 Å². The summed E-state index contributed by atoms with van der Waals surface area (Å²) in [5.74, 6) is -1.47. The van der Waals surface area contributed by atoms with Crippen LogP contribution in [0.4, 0.5) is 5.69 Å². The summed E-state index contributed by atoms with van der Waals surface area (Å²) in [6.07, 6.45) is 0. The molecular weight excluding hydrogens is 226 g/mol. The molecule has 0 aliphatic rings. The van der Waals surface area contributed by atoms with Crippen molar-refractivity contribution in [2.24, 2.45) is 0 Å². The van der Waals surface area contributed by atoms with Crippen LogP contribution in [0.3, 0.4) is 0 Å². The summed E-state index contributed by atoms with van der Waals surface area (Å²) in [7, 11) is 1.19. The molecule has 1 aromatic rings. The van der Waals surface area contributed by atoms with Crippen LogP contribution in [0.15, 0.2) is 12.1 Å². The van der Waals surface area contributed by atoms with Gasteiger partial charge in [0.25, 0.3) is 5.69 Å². The first-order valence-corrected chi connectivity index (χ1v) is 4.11. The predicted octanol–water partition coefficient (Wildman–Crippen LogP) is 1.95. The number of carboxylic acid groups (broad SMARTS) is 1. The maximum Gasteiger partial charge on any atom is 0.339 e. The van der Waals surface area contributed by atoms with Gasteiger partial charge in [-0.05, 0) is 6.07 Å². The van der Waals surface area contributed by atoms with Gasteiger partial charge in [0.15, 0.2) is 10.8 Å². The number of carbonyl (C=O) groups is 1. The summed E-state index contributed by atoms with van der Waals surface area (Å²) in [4.78, 5) is 20.5. The first-order chi connectivity index (χ1) is 6.99. The Labute approximate surface area is 89.2 Å². The standard InChI is InChI=1S/C8H6ClNO5/c1-15-7-4(8(11)12)2-3-5(6(7)9)10(13)14/h2-3H,1H3,(H,11,12). The van der Waals surface area contributed by atoms with Crippen LogP contribution in [0, 0.1) is 10.1 Å². The Morgan fingerprint density at radius 1 is 1.60 bits per heavy atom. The van der Waals surface area contributed by atoms with Crippen molar-refractivity contribution in [2.45, 2.75) is 0 Å². The second-order valence-corrected chi connectivity index (χ2v) is 2.92. The van der Waals surface area contributed by atoms with Gasteiger partial charge in [0, 0.05) is 6.07 Å². The van der Waals surface area contributed by atoms with Crippen LogP contribution < -0.4 is 4.74 Å². The molecule has 0 bridgehead atoms. The average Bonchev–Trinajstić information content (AvgIpc) is 2.16. The number of nitrogens with zero attached hydrogens (tertiary/aromatic N) is 1. The van der Waals surface area contributed by atoms with Crippen molar-refractivity contribution in [2.75, 3.05) is 7.11 Å². The molecule has 0 aliphatic carbocycles. The molecule has 0 unspecified atom stereocenters. The quantitative estimate of drug-likeness (QED) is 0.634. The molecule has 15 heavy (non-hydrogen) atoms. The lowest BCUT2D eigenvalue weighted by Crippen LogP contribution is -2.02. The van der Waals surface area contributed by atoms with E-state index in [9.17, 15) is 14.9 Å². The third kappa shape index (κ3) is 1.99. The van der Waals surface area contributed by atoms with Gasteiger partial charge in [-0.25, -0.2) is 4.79 Å². The topological polar surface area (TPSA) is 89.7 Å². The molecule has 1 rings (SSSR count). The number of halogens is 1. The largest absolute Gasteiger partial charge is 0.494 e. The number of rotatable bonds is 3. The number of nitro groups is 1. The van der Waals surface area contributed by atoms with E-state index in [1.165, 1.54) is 7.11 Å². The minimum atomic E-state index is -1.26. The molecule has 0 aliphatic heterocycles. The number of methoxy groups -OCH3 is 1. The maximum atomic E-state index is 10.7. The monoisotopic (exact) mass is 231 g/mol. The van der Waals surface area contributed by atoms with Crippen molar-refractivity contribution in [3.63, 3.8) is 0 Å². The molecule has 0 atom stereocenters. The van der Waals surface area contributed by atoms with Gasteiger partial charge in [0.05, 0.1) is 12.0 Å². The summed E-state index contributed by atoms with van der Waals surface area (Å²) < 4.78 is 4.71. The van der Waals surface area contributed by atoms with Gasteiger partial charge in [-0.15, -0.1) is 0 Å². The van der Waals surface area contributed by atoms with Crippen LogP contribution in [-0.2, 0) is 0 Å². The smallest absolute Gasteiger partial charge is 0.339 e. The van der Waals surface area contributed by atoms with Crippen LogP contribution in [0.5, 0.6) is 5.75 Å². The molecule has 1 aromatic carbocycles. The number of benzene rings is 1. The average molecular weight is 232 g/mol. The van der Waals surface area contributed by atoms with Crippen molar-refractivity contribution in [1.82, 2.24) is 0 Å². The highest BCUT2D eigenvalue weighted by molar-refractivity contribution is 6.34. The Balaban J connectivity index is 3.45. The van der Waals surface area contributed by atoms with E-state index in [4.69, 9.17) is 21.4 Å². The zero-order chi connectivity index (χ0) is 11.6. The lowest BCUT2D eigenvalue weighted by molar-refractivity contribution is -0.384. The molecule has 0 radical (unpaired) electrons. The van der Waals surface area contributed by atoms with E-state index < -0.39 is 16.6 Å². The van der Waals surface area contributed by atoms with Crippen LogP contribution in [0.2, 0.25) is 5.02 Å². The molecule has 80 valence electrons.